The van der Waals surface area contributed by atoms with Gasteiger partial charge in [0.1, 0.15) is 17.8 Å². The molecule has 1 aliphatic heterocycles. The molecule has 1 aliphatic rings. The molecule has 0 atom stereocenters. The van der Waals surface area contributed by atoms with E-state index in [0.29, 0.717) is 12.4 Å². The van der Waals surface area contributed by atoms with Gasteiger partial charge in [0.05, 0.1) is 6.54 Å². The van der Waals surface area contributed by atoms with Gasteiger partial charge in [0.15, 0.2) is 5.96 Å². The first-order valence-corrected chi connectivity index (χ1v) is 10.0. The molecule has 0 bridgehead atoms. The molecule has 3 heterocycles. The summed E-state index contributed by atoms with van der Waals surface area (Å²) in [6.45, 7) is 7.04. The van der Waals surface area contributed by atoms with Crippen molar-refractivity contribution in [2.75, 3.05) is 37.6 Å². The van der Waals surface area contributed by atoms with Crippen LogP contribution in [-0.2, 0) is 6.54 Å². The Morgan fingerprint density at radius 2 is 1.83 bits per heavy atom. The molecule has 1 aromatic carbocycles. The number of benzene rings is 1. The molecule has 0 saturated carbocycles. The normalized spacial score (nSPS) is 14.4. The molecule has 0 aliphatic carbocycles. The number of hydrogen-bond donors (Lipinski definition) is 1. The highest BCUT2D eigenvalue weighted by atomic mass is 127. The Morgan fingerprint density at radius 3 is 2.53 bits per heavy atom. The number of halogens is 1. The van der Waals surface area contributed by atoms with Crippen LogP contribution in [0.3, 0.4) is 0 Å². The van der Waals surface area contributed by atoms with Gasteiger partial charge in [-0.3, -0.25) is 0 Å². The molecule has 0 amide bonds. The second kappa shape index (κ2) is 11.0. The summed E-state index contributed by atoms with van der Waals surface area (Å²) in [6, 6.07) is 16.0. The first kappa shape index (κ1) is 22.1. The summed E-state index contributed by atoms with van der Waals surface area (Å²) in [5.41, 5.74) is 1.80. The molecule has 0 unspecified atom stereocenters. The van der Waals surface area contributed by atoms with Crippen molar-refractivity contribution in [3.8, 4) is 11.5 Å². The monoisotopic (exact) mass is 518 g/mol. The molecular formula is C22H27IN6O. The Morgan fingerprint density at radius 1 is 1.07 bits per heavy atom. The zero-order chi connectivity index (χ0) is 19.9. The molecule has 3 aromatic rings. The minimum atomic E-state index is 0. The van der Waals surface area contributed by atoms with E-state index in [-0.39, 0.29) is 24.0 Å². The molecule has 7 nitrogen and oxygen atoms in total. The van der Waals surface area contributed by atoms with Crippen molar-refractivity contribution < 1.29 is 4.42 Å². The molecule has 158 valence electrons. The lowest BCUT2D eigenvalue weighted by molar-refractivity contribution is 0.371. The quantitative estimate of drug-likeness (QED) is 0.316. The van der Waals surface area contributed by atoms with Crippen LogP contribution in [0, 0.1) is 0 Å². The molecular weight excluding hydrogens is 491 g/mol. The number of guanidine groups is 1. The van der Waals surface area contributed by atoms with Gasteiger partial charge in [-0.25, -0.2) is 15.0 Å². The number of pyridine rings is 1. The third-order valence-corrected chi connectivity index (χ3v) is 4.85. The van der Waals surface area contributed by atoms with Gasteiger partial charge in [-0.05, 0) is 31.2 Å². The molecule has 30 heavy (non-hydrogen) atoms. The maximum Gasteiger partial charge on any atom is 0.226 e. The van der Waals surface area contributed by atoms with Gasteiger partial charge in [0, 0.05) is 44.5 Å². The Labute approximate surface area is 194 Å². The number of nitrogens with zero attached hydrogens (tertiary/aromatic N) is 5. The van der Waals surface area contributed by atoms with Crippen molar-refractivity contribution in [3.63, 3.8) is 0 Å². The first-order valence-electron chi connectivity index (χ1n) is 10.0. The number of nitrogens with one attached hydrogen (secondary N) is 1. The summed E-state index contributed by atoms with van der Waals surface area (Å²) in [5, 5.41) is 3.40. The summed E-state index contributed by atoms with van der Waals surface area (Å²) >= 11 is 0. The summed E-state index contributed by atoms with van der Waals surface area (Å²) in [4.78, 5) is 18.4. The van der Waals surface area contributed by atoms with Gasteiger partial charge in [-0.15, -0.1) is 24.0 Å². The molecule has 1 N–H and O–H groups in total. The fourth-order valence-corrected chi connectivity index (χ4v) is 3.36. The predicted molar refractivity (Wildman–Crippen MR) is 130 cm³/mol. The zero-order valence-electron chi connectivity index (χ0n) is 17.1. The average molecular weight is 518 g/mol. The lowest BCUT2D eigenvalue weighted by atomic mass is 10.2. The lowest BCUT2D eigenvalue weighted by Gasteiger charge is -2.37. The number of hydrogen-bond acceptors (Lipinski definition) is 5. The van der Waals surface area contributed by atoms with E-state index in [1.54, 1.807) is 6.26 Å². The van der Waals surface area contributed by atoms with Gasteiger partial charge in [0.2, 0.25) is 5.89 Å². The van der Waals surface area contributed by atoms with E-state index in [0.717, 1.165) is 55.8 Å². The van der Waals surface area contributed by atoms with E-state index in [9.17, 15) is 0 Å². The summed E-state index contributed by atoms with van der Waals surface area (Å²) in [6.07, 6.45) is 3.53. The highest BCUT2D eigenvalue weighted by molar-refractivity contribution is 14.0. The van der Waals surface area contributed by atoms with Crippen molar-refractivity contribution in [2.45, 2.75) is 13.5 Å². The summed E-state index contributed by atoms with van der Waals surface area (Å²) < 4.78 is 5.62. The van der Waals surface area contributed by atoms with Gasteiger partial charge < -0.3 is 19.5 Å². The van der Waals surface area contributed by atoms with E-state index in [2.05, 4.69) is 38.1 Å². The number of oxazole rings is 1. The van der Waals surface area contributed by atoms with E-state index in [4.69, 9.17) is 9.41 Å². The van der Waals surface area contributed by atoms with Gasteiger partial charge in [-0.1, -0.05) is 24.3 Å². The topological polar surface area (TPSA) is 69.8 Å². The fourth-order valence-electron chi connectivity index (χ4n) is 3.36. The third kappa shape index (κ3) is 5.50. The Hall–Kier alpha value is -2.62. The highest BCUT2D eigenvalue weighted by Crippen LogP contribution is 2.18. The third-order valence-electron chi connectivity index (χ3n) is 4.85. The SMILES string of the molecule is CCNC(=NCc1coc(-c2ccccc2)n1)N1CCN(c2ccccn2)CC1.I. The first-order chi connectivity index (χ1) is 14.3. The van der Waals surface area contributed by atoms with Crippen molar-refractivity contribution in [1.82, 2.24) is 20.2 Å². The van der Waals surface area contributed by atoms with Crippen LogP contribution in [0.25, 0.3) is 11.5 Å². The van der Waals surface area contributed by atoms with Crippen molar-refractivity contribution in [2.24, 2.45) is 4.99 Å². The average Bonchev–Trinajstić information content (AvgIpc) is 3.27. The maximum absolute atomic E-state index is 5.62. The number of piperazine rings is 1. The smallest absolute Gasteiger partial charge is 0.226 e. The van der Waals surface area contributed by atoms with Crippen LogP contribution in [0.1, 0.15) is 12.6 Å². The van der Waals surface area contributed by atoms with E-state index >= 15 is 0 Å². The molecule has 2 aromatic heterocycles. The van der Waals surface area contributed by atoms with Crippen LogP contribution in [0.4, 0.5) is 5.82 Å². The molecule has 0 radical (unpaired) electrons. The molecule has 1 fully saturated rings. The molecule has 8 heteroatoms. The maximum atomic E-state index is 5.62. The highest BCUT2D eigenvalue weighted by Gasteiger charge is 2.20. The van der Waals surface area contributed by atoms with Crippen molar-refractivity contribution in [1.29, 1.82) is 0 Å². The number of aromatic nitrogens is 2. The van der Waals surface area contributed by atoms with E-state index in [1.165, 1.54) is 0 Å². The van der Waals surface area contributed by atoms with Crippen LogP contribution in [0.15, 0.2) is 70.4 Å². The van der Waals surface area contributed by atoms with Gasteiger partial charge in [0.25, 0.3) is 0 Å². The van der Waals surface area contributed by atoms with E-state index < -0.39 is 0 Å². The lowest BCUT2D eigenvalue weighted by Crippen LogP contribution is -2.52. The zero-order valence-corrected chi connectivity index (χ0v) is 19.4. The molecule has 4 rings (SSSR count). The molecule has 0 spiro atoms. The number of rotatable bonds is 5. The number of anilines is 1. The summed E-state index contributed by atoms with van der Waals surface area (Å²) in [5.74, 6) is 2.58. The second-order valence-corrected chi connectivity index (χ2v) is 6.84. The van der Waals surface area contributed by atoms with Crippen LogP contribution in [-0.4, -0.2) is 53.6 Å². The minimum Gasteiger partial charge on any atom is -0.444 e. The van der Waals surface area contributed by atoms with Crippen LogP contribution >= 0.6 is 24.0 Å². The fraction of sp³-hybridized carbons (Fsp3) is 0.318. The van der Waals surface area contributed by atoms with E-state index in [1.807, 2.05) is 48.7 Å². The van der Waals surface area contributed by atoms with Crippen molar-refractivity contribution >= 4 is 35.8 Å². The molecule has 1 saturated heterocycles. The Balaban J connectivity index is 0.00000256. The Kier molecular flexibility index (Phi) is 8.06. The van der Waals surface area contributed by atoms with Crippen molar-refractivity contribution in [3.05, 3.63) is 66.7 Å². The van der Waals surface area contributed by atoms with Gasteiger partial charge >= 0.3 is 0 Å². The van der Waals surface area contributed by atoms with Crippen LogP contribution < -0.4 is 10.2 Å². The minimum absolute atomic E-state index is 0. The Bertz CT molecular complexity index is 923. The number of aliphatic imine (C=N–C) groups is 1. The van der Waals surface area contributed by atoms with Gasteiger partial charge in [-0.2, -0.15) is 0 Å². The largest absolute Gasteiger partial charge is 0.444 e. The standard InChI is InChI=1S/C22H26N6O.HI/c1-2-23-22(28-14-12-27(13-15-28)20-10-6-7-11-24-20)25-16-19-17-29-21(26-19)18-8-4-3-5-9-18;/h3-11,17H,2,12-16H2,1H3,(H,23,25);1H. The second-order valence-electron chi connectivity index (χ2n) is 6.84. The van der Waals surface area contributed by atoms with Crippen LogP contribution in [0.5, 0.6) is 0 Å². The summed E-state index contributed by atoms with van der Waals surface area (Å²) in [7, 11) is 0. The van der Waals surface area contributed by atoms with Crippen LogP contribution in [0.2, 0.25) is 0 Å². The predicted octanol–water partition coefficient (Wildman–Crippen LogP) is 3.64.